The predicted octanol–water partition coefficient (Wildman–Crippen LogP) is 4.39. The molecule has 0 spiro atoms. The molecule has 0 aliphatic carbocycles. The van der Waals surface area contributed by atoms with E-state index in [1.165, 1.54) is 19.0 Å². The van der Waals surface area contributed by atoms with Crippen LogP contribution in [0.15, 0.2) is 72.8 Å². The second-order valence-electron chi connectivity index (χ2n) is 10.5. The highest BCUT2D eigenvalue weighted by Gasteiger charge is 2.35. The molecule has 0 aliphatic heterocycles. The molecule has 1 atom stereocenters. The van der Waals surface area contributed by atoms with Gasteiger partial charge in [-0.25, -0.2) is 4.31 Å². The molecule has 2 amide bonds. The minimum Gasteiger partial charge on any atom is -0.354 e. The molecular weight excluding hydrogens is 536 g/mol. The first kappa shape index (κ1) is 31.8. The fourth-order valence-corrected chi connectivity index (χ4v) is 5.69. The number of nitrogens with zero attached hydrogens (tertiary/aromatic N) is 3. The molecule has 0 radical (unpaired) electrons. The number of carbonyl (C=O) groups excluding carboxylic acids is 2. The van der Waals surface area contributed by atoms with Crippen molar-refractivity contribution in [2.24, 2.45) is 0 Å². The van der Waals surface area contributed by atoms with Gasteiger partial charge in [-0.2, -0.15) is 12.7 Å². The van der Waals surface area contributed by atoms with Gasteiger partial charge in [0.2, 0.25) is 11.8 Å². The van der Waals surface area contributed by atoms with Gasteiger partial charge in [-0.05, 0) is 61.1 Å². The number of benzene rings is 3. The van der Waals surface area contributed by atoms with Gasteiger partial charge in [0.1, 0.15) is 12.6 Å². The van der Waals surface area contributed by atoms with Crippen LogP contribution in [0.5, 0.6) is 0 Å². The Bertz CT molecular complexity index is 1440. The minimum absolute atomic E-state index is 0.158. The Hall–Kier alpha value is -3.69. The third-order valence-corrected chi connectivity index (χ3v) is 8.88. The van der Waals surface area contributed by atoms with E-state index in [1.54, 1.807) is 6.07 Å². The molecule has 0 saturated heterocycles. The Morgan fingerprint density at radius 1 is 0.878 bits per heavy atom. The third kappa shape index (κ3) is 8.17. The van der Waals surface area contributed by atoms with Crippen molar-refractivity contribution in [3.8, 4) is 0 Å². The lowest BCUT2D eigenvalue weighted by molar-refractivity contribution is -0.140. The van der Waals surface area contributed by atoms with Gasteiger partial charge in [0.15, 0.2) is 0 Å². The zero-order valence-electron chi connectivity index (χ0n) is 24.9. The van der Waals surface area contributed by atoms with Crippen LogP contribution in [-0.4, -0.2) is 62.7 Å². The molecule has 0 aromatic heterocycles. The maximum absolute atomic E-state index is 14.3. The van der Waals surface area contributed by atoms with Crippen LogP contribution in [0.2, 0.25) is 0 Å². The summed E-state index contributed by atoms with van der Waals surface area (Å²) in [6, 6.07) is 21.9. The molecule has 3 aromatic rings. The lowest BCUT2D eigenvalue weighted by Crippen LogP contribution is -2.54. The molecule has 41 heavy (non-hydrogen) atoms. The van der Waals surface area contributed by atoms with E-state index in [2.05, 4.69) is 5.32 Å². The number of carbonyl (C=O) groups is 2. The van der Waals surface area contributed by atoms with E-state index in [0.717, 1.165) is 42.8 Å². The Morgan fingerprint density at radius 3 is 2.17 bits per heavy atom. The van der Waals surface area contributed by atoms with Crippen LogP contribution in [0.25, 0.3) is 0 Å². The highest BCUT2D eigenvalue weighted by atomic mass is 32.2. The number of anilines is 1. The van der Waals surface area contributed by atoms with Gasteiger partial charge in [-0.3, -0.25) is 9.59 Å². The summed E-state index contributed by atoms with van der Waals surface area (Å²) in [4.78, 5) is 29.5. The van der Waals surface area contributed by atoms with Crippen molar-refractivity contribution in [3.63, 3.8) is 0 Å². The molecule has 3 rings (SSSR count). The summed E-state index contributed by atoms with van der Waals surface area (Å²) >= 11 is 0. The highest BCUT2D eigenvalue weighted by Crippen LogP contribution is 2.26. The summed E-state index contributed by atoms with van der Waals surface area (Å²) < 4.78 is 29.5. The molecule has 0 bridgehead atoms. The monoisotopic (exact) mass is 578 g/mol. The molecule has 0 saturated carbocycles. The Balaban J connectivity index is 2.13. The first-order valence-electron chi connectivity index (χ1n) is 13.9. The van der Waals surface area contributed by atoms with Gasteiger partial charge in [0.05, 0.1) is 5.69 Å². The van der Waals surface area contributed by atoms with Crippen LogP contribution in [0.4, 0.5) is 5.69 Å². The second-order valence-corrected chi connectivity index (χ2v) is 12.6. The lowest BCUT2D eigenvalue weighted by atomic mass is 10.0. The molecule has 0 fully saturated rings. The van der Waals surface area contributed by atoms with Gasteiger partial charge in [0, 0.05) is 33.6 Å². The first-order chi connectivity index (χ1) is 19.4. The summed E-state index contributed by atoms with van der Waals surface area (Å²) in [5, 5.41) is 2.97. The van der Waals surface area contributed by atoms with Crippen molar-refractivity contribution in [3.05, 3.63) is 101 Å². The van der Waals surface area contributed by atoms with E-state index in [9.17, 15) is 18.0 Å². The van der Waals surface area contributed by atoms with Crippen molar-refractivity contribution in [2.45, 2.75) is 53.1 Å². The SMILES string of the molecule is CCCNC(=O)[C@@H](Cc1ccccc1)N(Cc1ccccc1C)C(=O)CN(c1cc(C)ccc1C)S(=O)(=O)N(C)C. The van der Waals surface area contributed by atoms with Crippen molar-refractivity contribution in [1.29, 1.82) is 0 Å². The van der Waals surface area contributed by atoms with Crippen LogP contribution in [0, 0.1) is 20.8 Å². The molecule has 0 aliphatic rings. The summed E-state index contributed by atoms with van der Waals surface area (Å²) in [7, 11) is -1.15. The first-order valence-corrected chi connectivity index (χ1v) is 15.3. The van der Waals surface area contributed by atoms with Crippen molar-refractivity contribution < 1.29 is 18.0 Å². The summed E-state index contributed by atoms with van der Waals surface area (Å²) in [6.07, 6.45) is 1.04. The average Bonchev–Trinajstić information content (AvgIpc) is 2.94. The molecule has 3 aromatic carbocycles. The fraction of sp³-hybridized carbons (Fsp3) is 0.375. The summed E-state index contributed by atoms with van der Waals surface area (Å²) in [6.45, 7) is 7.80. The van der Waals surface area contributed by atoms with Gasteiger partial charge in [-0.15, -0.1) is 0 Å². The van der Waals surface area contributed by atoms with Gasteiger partial charge in [0.25, 0.3) is 0 Å². The smallest absolute Gasteiger partial charge is 0.304 e. The zero-order valence-corrected chi connectivity index (χ0v) is 25.7. The van der Waals surface area contributed by atoms with Crippen molar-refractivity contribution in [2.75, 3.05) is 31.5 Å². The number of hydrogen-bond donors (Lipinski definition) is 1. The number of hydrogen-bond acceptors (Lipinski definition) is 4. The van der Waals surface area contributed by atoms with E-state index in [0.29, 0.717) is 12.2 Å². The average molecular weight is 579 g/mol. The van der Waals surface area contributed by atoms with Crippen LogP contribution < -0.4 is 9.62 Å². The Labute approximate surface area is 245 Å². The summed E-state index contributed by atoms with van der Waals surface area (Å²) in [5.74, 6) is -0.737. The van der Waals surface area contributed by atoms with Crippen LogP contribution >= 0.6 is 0 Å². The van der Waals surface area contributed by atoms with Gasteiger partial charge < -0.3 is 10.2 Å². The Morgan fingerprint density at radius 2 is 1.54 bits per heavy atom. The molecular formula is C32H42N4O4S. The molecule has 0 heterocycles. The number of aryl methyl sites for hydroxylation is 3. The van der Waals surface area contributed by atoms with Crippen LogP contribution in [0.1, 0.15) is 41.2 Å². The molecule has 9 heteroatoms. The van der Waals surface area contributed by atoms with Crippen molar-refractivity contribution in [1.82, 2.24) is 14.5 Å². The molecule has 8 nitrogen and oxygen atoms in total. The molecule has 220 valence electrons. The Kier molecular flexibility index (Phi) is 11.1. The molecule has 1 N–H and O–H groups in total. The van der Waals surface area contributed by atoms with Crippen LogP contribution in [0.3, 0.4) is 0 Å². The quantitative estimate of drug-likeness (QED) is 0.326. The normalized spacial score (nSPS) is 12.2. The van der Waals surface area contributed by atoms with E-state index >= 15 is 0 Å². The predicted molar refractivity (Wildman–Crippen MR) is 165 cm³/mol. The maximum Gasteiger partial charge on any atom is 0.304 e. The van der Waals surface area contributed by atoms with Gasteiger partial charge >= 0.3 is 10.2 Å². The number of amides is 2. The topological polar surface area (TPSA) is 90.0 Å². The van der Waals surface area contributed by atoms with E-state index in [1.807, 2.05) is 94.4 Å². The van der Waals surface area contributed by atoms with E-state index in [4.69, 9.17) is 0 Å². The second kappa shape index (κ2) is 14.3. The van der Waals surface area contributed by atoms with Crippen molar-refractivity contribution >= 4 is 27.7 Å². The van der Waals surface area contributed by atoms with Crippen LogP contribution in [-0.2, 0) is 32.8 Å². The number of rotatable bonds is 13. The standard InChI is InChI=1S/C32H42N4O4S/c1-7-19-33-32(38)30(21-27-14-9-8-10-15-27)35(22-28-16-12-11-13-25(28)3)31(37)23-36(41(39,40)34(5)6)29-20-24(2)17-18-26(29)4/h8-18,20,30H,7,19,21-23H2,1-6H3,(H,33,38)/t30-/m1/s1. The summed E-state index contributed by atoms with van der Waals surface area (Å²) in [5.41, 5.74) is 4.79. The maximum atomic E-state index is 14.3. The fourth-order valence-electron chi connectivity index (χ4n) is 4.58. The molecule has 0 unspecified atom stereocenters. The largest absolute Gasteiger partial charge is 0.354 e. The minimum atomic E-state index is -4.04. The zero-order chi connectivity index (χ0) is 30.2. The third-order valence-electron chi connectivity index (χ3n) is 7.07. The van der Waals surface area contributed by atoms with E-state index < -0.39 is 28.7 Å². The van der Waals surface area contributed by atoms with Gasteiger partial charge in [-0.1, -0.05) is 73.7 Å². The highest BCUT2D eigenvalue weighted by molar-refractivity contribution is 7.90. The lowest BCUT2D eigenvalue weighted by Gasteiger charge is -2.35. The number of nitrogens with one attached hydrogen (secondary N) is 1. The van der Waals surface area contributed by atoms with E-state index in [-0.39, 0.29) is 18.9 Å².